The van der Waals surface area contributed by atoms with Crippen LogP contribution in [-0.4, -0.2) is 35.7 Å². The highest BCUT2D eigenvalue weighted by Gasteiger charge is 2.31. The van der Waals surface area contributed by atoms with Gasteiger partial charge < -0.3 is 14.5 Å². The molecule has 4 nitrogen and oxygen atoms in total. The van der Waals surface area contributed by atoms with Gasteiger partial charge in [-0.3, -0.25) is 4.79 Å². The first-order chi connectivity index (χ1) is 6.86. The topological polar surface area (TPSA) is 32.8 Å². The molecular weight excluding hydrogens is 192 g/mol. The molecule has 0 aromatic rings. The lowest BCUT2D eigenvalue weighted by molar-refractivity contribution is -0.176. The number of carbonyl (C=O) groups excluding carboxylic acids is 1. The molecule has 0 aliphatic carbocycles. The van der Waals surface area contributed by atoms with Crippen LogP contribution in [0.4, 0.5) is 0 Å². The second-order valence-corrected chi connectivity index (χ2v) is 4.78. The number of nitrogens with zero attached hydrogens (tertiary/aromatic N) is 2. The number of hydrogen-bond acceptors (Lipinski definition) is 4. The Morgan fingerprint density at radius 2 is 2.00 bits per heavy atom. The Balaban J connectivity index is 2.62. The second kappa shape index (κ2) is 4.13. The molecule has 1 heterocycles. The van der Waals surface area contributed by atoms with E-state index in [9.17, 15) is 4.79 Å². The molecule has 0 N–H and O–H groups in total. The van der Waals surface area contributed by atoms with Crippen LogP contribution >= 0.6 is 0 Å². The van der Waals surface area contributed by atoms with Gasteiger partial charge in [-0.2, -0.15) is 0 Å². The molecule has 4 heteroatoms. The summed E-state index contributed by atoms with van der Waals surface area (Å²) in [7, 11) is 1.90. The van der Waals surface area contributed by atoms with Crippen molar-refractivity contribution in [1.29, 1.82) is 0 Å². The Kier molecular flexibility index (Phi) is 3.27. The van der Waals surface area contributed by atoms with E-state index in [1.165, 1.54) is 0 Å². The molecule has 1 unspecified atom stereocenters. The van der Waals surface area contributed by atoms with Crippen molar-refractivity contribution in [1.82, 2.24) is 9.80 Å². The normalized spacial score (nSPS) is 21.0. The summed E-state index contributed by atoms with van der Waals surface area (Å²) in [5.41, 5.74) is -0.456. The van der Waals surface area contributed by atoms with E-state index in [1.54, 1.807) is 0 Å². The fourth-order valence-electron chi connectivity index (χ4n) is 1.26. The lowest BCUT2D eigenvalue weighted by Crippen LogP contribution is -2.42. The first-order valence-corrected chi connectivity index (χ1v) is 5.23. The highest BCUT2D eigenvalue weighted by atomic mass is 16.6. The summed E-state index contributed by atoms with van der Waals surface area (Å²) in [6, 6.07) is 0. The molecule has 1 atom stereocenters. The van der Waals surface area contributed by atoms with Crippen LogP contribution in [0.2, 0.25) is 0 Å². The van der Waals surface area contributed by atoms with Crippen molar-refractivity contribution < 1.29 is 9.53 Å². The van der Waals surface area contributed by atoms with Gasteiger partial charge in [0.05, 0.1) is 5.41 Å². The molecule has 0 aromatic carbocycles. The molecule has 0 aromatic heterocycles. The van der Waals surface area contributed by atoms with E-state index in [0.717, 1.165) is 6.54 Å². The first-order valence-electron chi connectivity index (χ1n) is 5.23. The molecule has 1 aliphatic heterocycles. The van der Waals surface area contributed by atoms with Gasteiger partial charge in [0.15, 0.2) is 0 Å². The quantitative estimate of drug-likeness (QED) is 0.651. The van der Waals surface area contributed by atoms with Crippen LogP contribution in [0.1, 0.15) is 27.7 Å². The summed E-state index contributed by atoms with van der Waals surface area (Å²) >= 11 is 0. The lowest BCUT2D eigenvalue weighted by atomic mass is 9.97. The Labute approximate surface area is 91.5 Å². The molecule has 1 rings (SSSR count). The van der Waals surface area contributed by atoms with Crippen LogP contribution in [0.5, 0.6) is 0 Å². The van der Waals surface area contributed by atoms with E-state index < -0.39 is 5.41 Å². The van der Waals surface area contributed by atoms with Gasteiger partial charge in [-0.05, 0) is 27.7 Å². The minimum atomic E-state index is -0.456. The van der Waals surface area contributed by atoms with Crippen LogP contribution in [0.15, 0.2) is 12.4 Å². The van der Waals surface area contributed by atoms with Gasteiger partial charge in [0.2, 0.25) is 0 Å². The third-order valence-corrected chi connectivity index (χ3v) is 2.32. The fraction of sp³-hybridized carbons (Fsp3) is 0.727. The maximum atomic E-state index is 11.7. The molecular formula is C11H20N2O2. The molecule has 0 radical (unpaired) electrons. The predicted molar refractivity (Wildman–Crippen MR) is 58.6 cm³/mol. The summed E-state index contributed by atoms with van der Waals surface area (Å²) in [4.78, 5) is 15.6. The molecule has 0 saturated carbocycles. The van der Waals surface area contributed by atoms with Crippen LogP contribution in [0.25, 0.3) is 0 Å². The van der Waals surface area contributed by atoms with Crippen LogP contribution in [0.3, 0.4) is 0 Å². The molecule has 86 valence electrons. The highest BCUT2D eigenvalue weighted by Crippen LogP contribution is 2.21. The average Bonchev–Trinajstić information content (AvgIpc) is 2.46. The molecule has 0 fully saturated rings. The van der Waals surface area contributed by atoms with Crippen LogP contribution in [0, 0.1) is 5.41 Å². The first kappa shape index (κ1) is 11.9. The Morgan fingerprint density at radius 1 is 1.40 bits per heavy atom. The van der Waals surface area contributed by atoms with Crippen LogP contribution in [-0.2, 0) is 9.53 Å². The fourth-order valence-corrected chi connectivity index (χ4v) is 1.26. The van der Waals surface area contributed by atoms with E-state index in [2.05, 4.69) is 0 Å². The van der Waals surface area contributed by atoms with Crippen molar-refractivity contribution in [3.63, 3.8) is 0 Å². The zero-order valence-electron chi connectivity index (χ0n) is 10.2. The maximum absolute atomic E-state index is 11.7. The zero-order chi connectivity index (χ0) is 11.6. The SMILES string of the molecule is CCN1C=CN(C)C1OC(=O)C(C)(C)C. The molecule has 0 spiro atoms. The third-order valence-electron chi connectivity index (χ3n) is 2.32. The largest absolute Gasteiger partial charge is 0.422 e. The van der Waals surface area contributed by atoms with Crippen molar-refractivity contribution in [2.45, 2.75) is 34.0 Å². The third kappa shape index (κ3) is 2.64. The molecule has 15 heavy (non-hydrogen) atoms. The van der Waals surface area contributed by atoms with Crippen molar-refractivity contribution in [3.05, 3.63) is 12.4 Å². The van der Waals surface area contributed by atoms with E-state index in [-0.39, 0.29) is 12.3 Å². The Hall–Kier alpha value is -1.19. The number of esters is 1. The Bertz CT molecular complexity index is 268. The second-order valence-electron chi connectivity index (χ2n) is 4.78. The van der Waals surface area contributed by atoms with Crippen molar-refractivity contribution in [2.24, 2.45) is 5.41 Å². The minimum Gasteiger partial charge on any atom is -0.422 e. The van der Waals surface area contributed by atoms with Crippen molar-refractivity contribution in [2.75, 3.05) is 13.6 Å². The van der Waals surface area contributed by atoms with E-state index in [1.807, 2.05) is 56.9 Å². The number of hydrogen-bond donors (Lipinski definition) is 0. The van der Waals surface area contributed by atoms with E-state index >= 15 is 0 Å². The summed E-state index contributed by atoms with van der Waals surface area (Å²) in [5.74, 6) is -0.179. The van der Waals surface area contributed by atoms with Gasteiger partial charge in [0, 0.05) is 26.0 Å². The van der Waals surface area contributed by atoms with Gasteiger partial charge in [-0.1, -0.05) is 0 Å². The van der Waals surface area contributed by atoms with Gasteiger partial charge in [-0.15, -0.1) is 0 Å². The van der Waals surface area contributed by atoms with E-state index in [0.29, 0.717) is 0 Å². The molecule has 1 aliphatic rings. The van der Waals surface area contributed by atoms with Crippen LogP contribution < -0.4 is 0 Å². The van der Waals surface area contributed by atoms with Gasteiger partial charge >= 0.3 is 5.97 Å². The number of ether oxygens (including phenoxy) is 1. The molecule has 0 bridgehead atoms. The minimum absolute atomic E-state index is 0.179. The lowest BCUT2D eigenvalue weighted by Gasteiger charge is -2.31. The summed E-state index contributed by atoms with van der Waals surface area (Å²) in [6.07, 6.45) is 3.55. The van der Waals surface area contributed by atoms with Crippen molar-refractivity contribution in [3.8, 4) is 0 Å². The number of rotatable bonds is 2. The monoisotopic (exact) mass is 212 g/mol. The van der Waals surface area contributed by atoms with Crippen molar-refractivity contribution >= 4 is 5.97 Å². The summed E-state index contributed by atoms with van der Waals surface area (Å²) in [6.45, 7) is 8.42. The van der Waals surface area contributed by atoms with Gasteiger partial charge in [-0.25, -0.2) is 0 Å². The highest BCUT2D eigenvalue weighted by molar-refractivity contribution is 5.75. The zero-order valence-corrected chi connectivity index (χ0v) is 10.2. The summed E-state index contributed by atoms with van der Waals surface area (Å²) in [5, 5.41) is 0. The molecule has 0 saturated heterocycles. The number of carbonyl (C=O) groups is 1. The predicted octanol–water partition coefficient (Wildman–Crippen LogP) is 1.60. The Morgan fingerprint density at radius 3 is 2.47 bits per heavy atom. The smallest absolute Gasteiger partial charge is 0.314 e. The maximum Gasteiger partial charge on any atom is 0.314 e. The molecule has 0 amide bonds. The van der Waals surface area contributed by atoms with Gasteiger partial charge in [0.1, 0.15) is 0 Å². The average molecular weight is 212 g/mol. The van der Waals surface area contributed by atoms with E-state index in [4.69, 9.17) is 4.74 Å². The standard InChI is InChI=1S/C11H20N2O2/c1-6-13-8-7-12(5)10(13)15-9(14)11(2,3)4/h7-8,10H,6H2,1-5H3. The van der Waals surface area contributed by atoms with Gasteiger partial charge in [0.25, 0.3) is 6.35 Å². The summed E-state index contributed by atoms with van der Waals surface area (Å²) < 4.78 is 5.44.